The Bertz CT molecular complexity index is 906. The highest BCUT2D eigenvalue weighted by Gasteiger charge is 2.51. The zero-order valence-corrected chi connectivity index (χ0v) is 20.7. The van der Waals surface area contributed by atoms with E-state index in [9.17, 15) is 19.5 Å². The zero-order chi connectivity index (χ0) is 25.0. The van der Waals surface area contributed by atoms with Gasteiger partial charge in [-0.1, -0.05) is 30.3 Å². The maximum absolute atomic E-state index is 13.2. The predicted molar refractivity (Wildman–Crippen MR) is 128 cm³/mol. The molecule has 2 saturated heterocycles. The van der Waals surface area contributed by atoms with Crippen LogP contribution in [0.3, 0.4) is 0 Å². The molecule has 1 saturated carbocycles. The summed E-state index contributed by atoms with van der Waals surface area (Å²) < 4.78 is 10.8. The molecule has 2 aliphatic heterocycles. The Kier molecular flexibility index (Phi) is 7.96. The number of ether oxygens (including phenoxy) is 2. The third-order valence-electron chi connectivity index (χ3n) is 7.85. The topological polar surface area (TPSA) is 99.6 Å². The SMILES string of the molecule is COC[C@H](CCC(=O)N1CCC2(CC2)C(O)C1)N1CCN(C(=O)OCc2ccccc2)C(C)C1=O. The number of carbonyl (C=O) groups is 3. The van der Waals surface area contributed by atoms with E-state index in [1.54, 1.807) is 23.8 Å². The Labute approximate surface area is 206 Å². The van der Waals surface area contributed by atoms with Gasteiger partial charge in [0.25, 0.3) is 0 Å². The standard InChI is InChI=1S/C26H37N3O6/c1-19-24(32)29(15-14-28(19)25(33)35-17-20-6-4-3-5-7-20)21(18-34-2)8-9-23(31)27-13-12-26(10-11-26)22(30)16-27/h3-7,19,21-22,30H,8-18H2,1-2H3/t19?,21-,22?/m0/s1. The molecule has 1 aromatic carbocycles. The fraction of sp³-hybridized carbons (Fsp3) is 0.654. The summed E-state index contributed by atoms with van der Waals surface area (Å²) in [6, 6.07) is 8.50. The Morgan fingerprint density at radius 1 is 1.14 bits per heavy atom. The van der Waals surface area contributed by atoms with Crippen molar-refractivity contribution in [3.05, 3.63) is 35.9 Å². The average molecular weight is 488 g/mol. The number of methoxy groups -OCH3 is 1. The maximum atomic E-state index is 13.2. The second-order valence-corrected chi connectivity index (χ2v) is 10.1. The molecule has 1 spiro atoms. The van der Waals surface area contributed by atoms with Gasteiger partial charge in [-0.05, 0) is 43.6 Å². The molecule has 0 aromatic heterocycles. The number of piperazine rings is 1. The van der Waals surface area contributed by atoms with Crippen LogP contribution in [0.25, 0.3) is 0 Å². The molecule has 3 amide bonds. The van der Waals surface area contributed by atoms with Crippen molar-refractivity contribution in [3.63, 3.8) is 0 Å². The van der Waals surface area contributed by atoms with Crippen molar-refractivity contribution in [2.24, 2.45) is 5.41 Å². The molecule has 0 bridgehead atoms. The van der Waals surface area contributed by atoms with Crippen LogP contribution in [-0.4, -0.2) is 95.8 Å². The summed E-state index contributed by atoms with van der Waals surface area (Å²) in [5, 5.41) is 10.4. The normalized spacial score (nSPS) is 24.4. The van der Waals surface area contributed by atoms with Crippen molar-refractivity contribution in [2.75, 3.05) is 39.9 Å². The minimum Gasteiger partial charge on any atom is -0.445 e. The molecule has 0 radical (unpaired) electrons. The van der Waals surface area contributed by atoms with E-state index in [1.165, 1.54) is 4.90 Å². The van der Waals surface area contributed by atoms with Crippen LogP contribution in [0.5, 0.6) is 0 Å². The third kappa shape index (κ3) is 5.78. The summed E-state index contributed by atoms with van der Waals surface area (Å²) >= 11 is 0. The van der Waals surface area contributed by atoms with Gasteiger partial charge in [-0.2, -0.15) is 0 Å². The van der Waals surface area contributed by atoms with Crippen LogP contribution in [0.4, 0.5) is 4.79 Å². The number of benzene rings is 1. The summed E-state index contributed by atoms with van der Waals surface area (Å²) in [4.78, 5) is 43.6. The Hall–Kier alpha value is -2.65. The Morgan fingerprint density at radius 3 is 2.54 bits per heavy atom. The number of carbonyl (C=O) groups excluding carboxylic acids is 3. The van der Waals surface area contributed by atoms with E-state index in [2.05, 4.69) is 0 Å². The molecule has 3 aliphatic rings. The van der Waals surface area contributed by atoms with Crippen LogP contribution in [0, 0.1) is 5.41 Å². The first kappa shape index (κ1) is 25.4. The molecule has 1 aliphatic carbocycles. The van der Waals surface area contributed by atoms with E-state index in [-0.39, 0.29) is 36.3 Å². The van der Waals surface area contributed by atoms with Crippen LogP contribution in [0.1, 0.15) is 44.6 Å². The van der Waals surface area contributed by atoms with Crippen LogP contribution in [0.2, 0.25) is 0 Å². The van der Waals surface area contributed by atoms with Gasteiger partial charge < -0.3 is 24.4 Å². The van der Waals surface area contributed by atoms with E-state index in [4.69, 9.17) is 9.47 Å². The lowest BCUT2D eigenvalue weighted by Crippen LogP contribution is -2.60. The van der Waals surface area contributed by atoms with E-state index >= 15 is 0 Å². The summed E-state index contributed by atoms with van der Waals surface area (Å²) in [6.07, 6.45) is 2.78. The molecule has 2 heterocycles. The largest absolute Gasteiger partial charge is 0.445 e. The number of piperidine rings is 1. The highest BCUT2D eigenvalue weighted by Crippen LogP contribution is 2.53. The Morgan fingerprint density at radius 2 is 1.89 bits per heavy atom. The zero-order valence-electron chi connectivity index (χ0n) is 20.7. The minimum atomic E-state index is -0.658. The van der Waals surface area contributed by atoms with Crippen molar-refractivity contribution >= 4 is 17.9 Å². The molecule has 1 N–H and O–H groups in total. The van der Waals surface area contributed by atoms with Gasteiger partial charge in [-0.3, -0.25) is 14.5 Å². The summed E-state index contributed by atoms with van der Waals surface area (Å²) in [5.41, 5.74) is 0.941. The van der Waals surface area contributed by atoms with Crippen LogP contribution in [0.15, 0.2) is 30.3 Å². The van der Waals surface area contributed by atoms with Gasteiger partial charge in [-0.25, -0.2) is 4.79 Å². The predicted octanol–water partition coefficient (Wildman–Crippen LogP) is 2.02. The average Bonchev–Trinajstić information content (AvgIpc) is 3.65. The lowest BCUT2D eigenvalue weighted by molar-refractivity contribution is -0.145. The second-order valence-electron chi connectivity index (χ2n) is 10.1. The van der Waals surface area contributed by atoms with E-state index in [0.29, 0.717) is 39.2 Å². The summed E-state index contributed by atoms with van der Waals surface area (Å²) in [7, 11) is 1.58. The Balaban J connectivity index is 1.29. The first-order chi connectivity index (χ1) is 16.8. The fourth-order valence-corrected chi connectivity index (χ4v) is 5.26. The molecule has 35 heavy (non-hydrogen) atoms. The number of likely N-dealkylation sites (tertiary alicyclic amines) is 1. The summed E-state index contributed by atoms with van der Waals surface area (Å²) in [6.45, 7) is 3.97. The number of nitrogens with zero attached hydrogens (tertiary/aromatic N) is 3. The molecule has 3 fully saturated rings. The number of hydrogen-bond donors (Lipinski definition) is 1. The maximum Gasteiger partial charge on any atom is 0.410 e. The van der Waals surface area contributed by atoms with Gasteiger partial charge in [0.15, 0.2) is 0 Å². The first-order valence-electron chi connectivity index (χ1n) is 12.6. The number of β-amino-alcohol motifs (C(OH)–C–C–N with tert-alkyl or cyclic N) is 1. The minimum absolute atomic E-state index is 0.00396. The quantitative estimate of drug-likeness (QED) is 0.602. The van der Waals surface area contributed by atoms with E-state index in [0.717, 1.165) is 24.8 Å². The smallest absolute Gasteiger partial charge is 0.410 e. The molecule has 4 rings (SSSR count). The van der Waals surface area contributed by atoms with Crippen LogP contribution < -0.4 is 0 Å². The summed E-state index contributed by atoms with van der Waals surface area (Å²) in [5.74, 6) is -0.171. The van der Waals surface area contributed by atoms with E-state index in [1.807, 2.05) is 30.3 Å². The van der Waals surface area contributed by atoms with Gasteiger partial charge in [0.05, 0.1) is 18.8 Å². The van der Waals surface area contributed by atoms with Crippen LogP contribution in [-0.2, 0) is 25.7 Å². The van der Waals surface area contributed by atoms with Gasteiger partial charge in [0.2, 0.25) is 11.8 Å². The third-order valence-corrected chi connectivity index (χ3v) is 7.85. The van der Waals surface area contributed by atoms with Gasteiger partial charge >= 0.3 is 6.09 Å². The first-order valence-corrected chi connectivity index (χ1v) is 12.6. The monoisotopic (exact) mass is 487 g/mol. The van der Waals surface area contributed by atoms with Gasteiger partial charge in [0, 0.05) is 39.7 Å². The van der Waals surface area contributed by atoms with Crippen molar-refractivity contribution < 1.29 is 29.0 Å². The van der Waals surface area contributed by atoms with Crippen LogP contribution >= 0.6 is 0 Å². The molecule has 9 heteroatoms. The lowest BCUT2D eigenvalue weighted by atomic mass is 9.90. The molecule has 192 valence electrons. The van der Waals surface area contributed by atoms with Crippen molar-refractivity contribution in [2.45, 2.75) is 63.8 Å². The lowest BCUT2D eigenvalue weighted by Gasteiger charge is -2.42. The number of aliphatic hydroxyl groups is 1. The van der Waals surface area contributed by atoms with Crippen molar-refractivity contribution in [1.29, 1.82) is 0 Å². The van der Waals surface area contributed by atoms with Gasteiger partial charge in [0.1, 0.15) is 12.6 Å². The highest BCUT2D eigenvalue weighted by atomic mass is 16.6. The molecule has 9 nitrogen and oxygen atoms in total. The molecule has 3 atom stereocenters. The molecule has 2 unspecified atom stereocenters. The molecular formula is C26H37N3O6. The van der Waals surface area contributed by atoms with Crippen molar-refractivity contribution in [1.82, 2.24) is 14.7 Å². The van der Waals surface area contributed by atoms with E-state index < -0.39 is 18.2 Å². The number of amides is 3. The number of hydrogen-bond acceptors (Lipinski definition) is 6. The molecular weight excluding hydrogens is 450 g/mol. The molecule has 1 aromatic rings. The highest BCUT2D eigenvalue weighted by molar-refractivity contribution is 5.87. The fourth-order valence-electron chi connectivity index (χ4n) is 5.26. The van der Waals surface area contributed by atoms with Gasteiger partial charge in [-0.15, -0.1) is 0 Å². The second kappa shape index (κ2) is 11.0. The van der Waals surface area contributed by atoms with Crippen molar-refractivity contribution in [3.8, 4) is 0 Å². The number of rotatable bonds is 8. The number of aliphatic hydroxyl groups excluding tert-OH is 1.